The number of rotatable bonds is 4. The molecular weight excluding hydrogens is 438 g/mol. The van der Waals surface area contributed by atoms with Crippen molar-refractivity contribution < 1.29 is 18.6 Å². The van der Waals surface area contributed by atoms with Crippen molar-refractivity contribution in [3.05, 3.63) is 69.8 Å². The van der Waals surface area contributed by atoms with E-state index in [-0.39, 0.29) is 16.8 Å². The number of fused-ring (bicyclic) bond motifs is 1. The third kappa shape index (κ3) is 3.66. The number of hydrogen-bond acceptors (Lipinski definition) is 5. The molecule has 1 aliphatic carbocycles. The lowest BCUT2D eigenvalue weighted by Gasteiger charge is -2.30. The number of benzene rings is 2. The molecule has 32 heavy (non-hydrogen) atoms. The van der Waals surface area contributed by atoms with Crippen molar-refractivity contribution in [2.45, 2.75) is 44.9 Å². The molecule has 5 rings (SSSR count). The number of nitrogens with zero attached hydrogens (tertiary/aromatic N) is 4. The van der Waals surface area contributed by atoms with Crippen molar-refractivity contribution in [2.24, 2.45) is 0 Å². The third-order valence-corrected chi connectivity index (χ3v) is 6.56. The molecule has 0 amide bonds. The number of aliphatic hydroxyl groups excluding tert-OH is 1. The number of likely N-dealkylation sites (tertiary alicyclic amines) is 1. The molecule has 1 aliphatic heterocycles. The Kier molecular flexibility index (Phi) is 5.39. The lowest BCUT2D eigenvalue weighted by Crippen LogP contribution is -2.39. The number of ether oxygens (including phenoxy) is 1. The number of aliphatic hydroxyl groups is 1. The van der Waals surface area contributed by atoms with Gasteiger partial charge in [-0.1, -0.05) is 11.6 Å². The van der Waals surface area contributed by atoms with Gasteiger partial charge in [0.2, 0.25) is 0 Å². The van der Waals surface area contributed by atoms with Crippen LogP contribution in [0.15, 0.2) is 30.3 Å². The molecule has 3 aromatic rings. The molecule has 0 bridgehead atoms. The van der Waals surface area contributed by atoms with Crippen LogP contribution in [0.3, 0.4) is 0 Å². The van der Waals surface area contributed by atoms with Crippen LogP contribution in [0.5, 0.6) is 5.75 Å². The van der Waals surface area contributed by atoms with Gasteiger partial charge in [-0.2, -0.15) is 0 Å². The SMILES string of the molecule is Cc1nnc(C)n1-c1ccc(O[C@@H]2c3cc(Cl)cc(F)c3C[C@@H]2N2CC[C@@H](O)C2)c(F)c1. The van der Waals surface area contributed by atoms with Gasteiger partial charge in [-0.25, -0.2) is 8.78 Å². The second-order valence-corrected chi connectivity index (χ2v) is 8.88. The normalized spacial score (nSPS) is 23.0. The van der Waals surface area contributed by atoms with E-state index in [0.717, 1.165) is 0 Å². The first-order valence-electron chi connectivity index (χ1n) is 10.6. The van der Waals surface area contributed by atoms with Gasteiger partial charge in [-0.05, 0) is 56.5 Å². The smallest absolute Gasteiger partial charge is 0.167 e. The van der Waals surface area contributed by atoms with E-state index < -0.39 is 23.8 Å². The fourth-order valence-electron chi connectivity index (χ4n) is 4.85. The van der Waals surface area contributed by atoms with E-state index in [4.69, 9.17) is 16.3 Å². The highest BCUT2D eigenvalue weighted by atomic mass is 35.5. The Morgan fingerprint density at radius 3 is 2.50 bits per heavy atom. The summed E-state index contributed by atoms with van der Waals surface area (Å²) < 4.78 is 37.7. The van der Waals surface area contributed by atoms with Crippen molar-refractivity contribution in [3.63, 3.8) is 0 Å². The zero-order valence-electron chi connectivity index (χ0n) is 17.7. The summed E-state index contributed by atoms with van der Waals surface area (Å²) in [4.78, 5) is 2.08. The lowest BCUT2D eigenvalue weighted by atomic mass is 10.1. The Morgan fingerprint density at radius 2 is 1.84 bits per heavy atom. The third-order valence-electron chi connectivity index (χ3n) is 6.34. The fourth-order valence-corrected chi connectivity index (χ4v) is 5.06. The Labute approximate surface area is 189 Å². The maximum absolute atomic E-state index is 15.1. The standard InChI is InChI=1S/C23H23ClF2N4O2/c1-12-27-28-13(2)30(12)15-3-4-22(20(26)9-15)32-23-18-7-14(24)8-19(25)17(18)10-21(23)29-6-5-16(31)11-29/h3-4,7-9,16,21,23,31H,5-6,10-11H2,1-2H3/t16-,21+,23-/m1/s1. The van der Waals surface area contributed by atoms with E-state index in [0.29, 0.717) is 54.4 Å². The van der Waals surface area contributed by atoms with Crippen molar-refractivity contribution in [2.75, 3.05) is 13.1 Å². The Hall–Kier alpha value is -2.55. The second kappa shape index (κ2) is 8.10. The van der Waals surface area contributed by atoms with Crippen LogP contribution in [-0.4, -0.2) is 50.0 Å². The van der Waals surface area contributed by atoms with Gasteiger partial charge in [0.1, 0.15) is 23.6 Å². The number of β-amino-alcohol motifs (C(OH)–C–C–N with tert-alkyl or cyclic N) is 1. The van der Waals surface area contributed by atoms with Gasteiger partial charge in [-0.3, -0.25) is 9.47 Å². The molecule has 1 aromatic heterocycles. The molecule has 168 valence electrons. The van der Waals surface area contributed by atoms with Gasteiger partial charge in [0.25, 0.3) is 0 Å². The number of aromatic nitrogens is 3. The van der Waals surface area contributed by atoms with Crippen LogP contribution < -0.4 is 4.74 Å². The van der Waals surface area contributed by atoms with Crippen molar-refractivity contribution in [1.82, 2.24) is 19.7 Å². The van der Waals surface area contributed by atoms with Crippen LogP contribution in [0.4, 0.5) is 8.78 Å². The molecule has 2 heterocycles. The van der Waals surface area contributed by atoms with Gasteiger partial charge in [0, 0.05) is 29.7 Å². The number of aryl methyl sites for hydroxylation is 2. The summed E-state index contributed by atoms with van der Waals surface area (Å²) in [6, 6.07) is 7.44. The van der Waals surface area contributed by atoms with E-state index in [1.807, 2.05) is 0 Å². The first-order chi connectivity index (χ1) is 15.3. The van der Waals surface area contributed by atoms with Gasteiger partial charge in [0.15, 0.2) is 11.6 Å². The molecule has 9 heteroatoms. The summed E-state index contributed by atoms with van der Waals surface area (Å²) in [6.45, 7) is 4.74. The average Bonchev–Trinajstić information content (AvgIpc) is 3.41. The lowest BCUT2D eigenvalue weighted by molar-refractivity contribution is 0.0790. The minimum atomic E-state index is -0.609. The summed E-state index contributed by atoms with van der Waals surface area (Å²) in [6.07, 6.45) is 0.0132. The molecule has 1 saturated heterocycles. The molecular formula is C23H23ClF2N4O2. The molecule has 2 aliphatic rings. The second-order valence-electron chi connectivity index (χ2n) is 8.45. The van der Waals surface area contributed by atoms with Gasteiger partial charge < -0.3 is 9.84 Å². The minimum Gasteiger partial charge on any atom is -0.481 e. The zero-order valence-corrected chi connectivity index (χ0v) is 18.5. The highest BCUT2D eigenvalue weighted by Gasteiger charge is 2.42. The van der Waals surface area contributed by atoms with E-state index in [2.05, 4.69) is 15.1 Å². The van der Waals surface area contributed by atoms with E-state index in [1.54, 1.807) is 36.6 Å². The first kappa shape index (κ1) is 21.3. The molecule has 0 spiro atoms. The maximum atomic E-state index is 15.1. The van der Waals surface area contributed by atoms with Gasteiger partial charge in [-0.15, -0.1) is 10.2 Å². The van der Waals surface area contributed by atoms with Crippen molar-refractivity contribution in [1.29, 1.82) is 0 Å². The van der Waals surface area contributed by atoms with Gasteiger partial charge >= 0.3 is 0 Å². The molecule has 6 nitrogen and oxygen atoms in total. The summed E-state index contributed by atoms with van der Waals surface area (Å²) in [5, 5.41) is 18.3. The molecule has 1 N–H and O–H groups in total. The summed E-state index contributed by atoms with van der Waals surface area (Å²) in [7, 11) is 0. The van der Waals surface area contributed by atoms with Crippen molar-refractivity contribution >= 4 is 11.6 Å². The van der Waals surface area contributed by atoms with Gasteiger partial charge in [0.05, 0.1) is 17.8 Å². The van der Waals surface area contributed by atoms with Crippen LogP contribution >= 0.6 is 11.6 Å². The topological polar surface area (TPSA) is 63.4 Å². The van der Waals surface area contributed by atoms with E-state index in [1.165, 1.54) is 12.1 Å². The van der Waals surface area contributed by atoms with Crippen LogP contribution in [0.1, 0.15) is 35.3 Å². The quantitative estimate of drug-likeness (QED) is 0.639. The summed E-state index contributed by atoms with van der Waals surface area (Å²) in [5.74, 6) is 0.445. The monoisotopic (exact) mass is 460 g/mol. The Balaban J connectivity index is 1.50. The first-order valence-corrected chi connectivity index (χ1v) is 10.9. The highest BCUT2D eigenvalue weighted by molar-refractivity contribution is 6.30. The fraction of sp³-hybridized carbons (Fsp3) is 0.391. The minimum absolute atomic E-state index is 0.0695. The molecule has 0 saturated carbocycles. The largest absolute Gasteiger partial charge is 0.481 e. The number of halogens is 3. The molecule has 1 fully saturated rings. The van der Waals surface area contributed by atoms with Crippen LogP contribution in [0, 0.1) is 25.5 Å². The highest BCUT2D eigenvalue weighted by Crippen LogP contribution is 2.42. The molecule has 0 unspecified atom stereocenters. The molecule has 3 atom stereocenters. The zero-order chi connectivity index (χ0) is 22.6. The van der Waals surface area contributed by atoms with Crippen molar-refractivity contribution in [3.8, 4) is 11.4 Å². The van der Waals surface area contributed by atoms with Crippen LogP contribution in [0.2, 0.25) is 5.02 Å². The average molecular weight is 461 g/mol. The predicted octanol–water partition coefficient (Wildman–Crippen LogP) is 3.93. The van der Waals surface area contributed by atoms with Crippen LogP contribution in [-0.2, 0) is 6.42 Å². The number of hydrogen-bond donors (Lipinski definition) is 1. The summed E-state index contributed by atoms with van der Waals surface area (Å²) >= 11 is 6.13. The molecule has 0 radical (unpaired) electrons. The van der Waals surface area contributed by atoms with E-state index >= 15 is 4.39 Å². The van der Waals surface area contributed by atoms with E-state index in [9.17, 15) is 9.50 Å². The summed E-state index contributed by atoms with van der Waals surface area (Å²) in [5.41, 5.74) is 1.74. The maximum Gasteiger partial charge on any atom is 0.167 e. The molecule has 2 aromatic carbocycles. The predicted molar refractivity (Wildman–Crippen MR) is 115 cm³/mol. The Morgan fingerprint density at radius 1 is 1.09 bits per heavy atom. The Bertz CT molecular complexity index is 1170. The van der Waals surface area contributed by atoms with Crippen LogP contribution in [0.25, 0.3) is 5.69 Å².